The number of sulfonamides is 1. The third-order valence-corrected chi connectivity index (χ3v) is 8.16. The quantitative estimate of drug-likeness (QED) is 0.421. The van der Waals surface area contributed by atoms with Gasteiger partial charge in [-0.3, -0.25) is 9.10 Å². The minimum absolute atomic E-state index is 0.149. The summed E-state index contributed by atoms with van der Waals surface area (Å²) in [4.78, 5) is 13.2. The molecule has 0 aromatic heterocycles. The largest absolute Gasteiger partial charge is 0.487 e. The van der Waals surface area contributed by atoms with E-state index in [-0.39, 0.29) is 24.1 Å². The lowest BCUT2D eigenvalue weighted by molar-refractivity contribution is 0.0227. The molecule has 0 bridgehead atoms. The third-order valence-electron chi connectivity index (χ3n) is 7.02. The second-order valence-electron chi connectivity index (χ2n) is 9.57. The lowest BCUT2D eigenvalue weighted by atomic mass is 9.83. The van der Waals surface area contributed by atoms with Gasteiger partial charge in [-0.15, -0.1) is 0 Å². The van der Waals surface area contributed by atoms with Crippen LogP contribution in [0.5, 0.6) is 5.75 Å². The van der Waals surface area contributed by atoms with Crippen LogP contribution in [0.2, 0.25) is 0 Å². The van der Waals surface area contributed by atoms with Crippen molar-refractivity contribution in [3.8, 4) is 5.75 Å². The van der Waals surface area contributed by atoms with Gasteiger partial charge in [-0.05, 0) is 61.2 Å². The number of benzene rings is 3. The van der Waals surface area contributed by atoms with E-state index in [1.807, 2.05) is 61.5 Å². The van der Waals surface area contributed by atoms with Crippen LogP contribution in [0.15, 0.2) is 72.8 Å². The first-order valence-corrected chi connectivity index (χ1v) is 14.2. The normalized spacial score (nSPS) is 16.5. The standard InChI is InChI=1S/C29H34N2O4S/c1-5-29(6-2)19-26(25-12-7-8-13-27(25)35-29)30-28(32)23-16-14-22(15-17-23)20-31(36(4,33)34)24-11-9-10-21(3)18-24/h7-18,26H,5-6,19-20H2,1-4H3,(H,30,32)/t26-/m0/s1. The van der Waals surface area contributed by atoms with Gasteiger partial charge in [-0.2, -0.15) is 0 Å². The number of hydrogen-bond acceptors (Lipinski definition) is 4. The van der Waals surface area contributed by atoms with Crippen LogP contribution in [0, 0.1) is 6.92 Å². The highest BCUT2D eigenvalue weighted by Gasteiger charge is 2.39. The van der Waals surface area contributed by atoms with Crippen LogP contribution in [0.25, 0.3) is 0 Å². The van der Waals surface area contributed by atoms with E-state index in [9.17, 15) is 13.2 Å². The Kier molecular flexibility index (Phi) is 7.41. The number of hydrogen-bond donors (Lipinski definition) is 1. The average Bonchev–Trinajstić information content (AvgIpc) is 2.86. The van der Waals surface area contributed by atoms with Crippen molar-refractivity contribution in [2.75, 3.05) is 10.6 Å². The number of nitrogens with zero attached hydrogens (tertiary/aromatic N) is 1. The van der Waals surface area contributed by atoms with Crippen LogP contribution in [-0.2, 0) is 16.6 Å². The molecule has 1 aliphatic heterocycles. The van der Waals surface area contributed by atoms with Crippen LogP contribution < -0.4 is 14.4 Å². The summed E-state index contributed by atoms with van der Waals surface area (Å²) in [5.41, 5.74) is 3.61. The Hall–Kier alpha value is -3.32. The fourth-order valence-corrected chi connectivity index (χ4v) is 5.66. The van der Waals surface area contributed by atoms with Gasteiger partial charge in [0.2, 0.25) is 10.0 Å². The number of amides is 1. The highest BCUT2D eigenvalue weighted by Crippen LogP contribution is 2.42. The number of rotatable bonds is 8. The second kappa shape index (κ2) is 10.3. The fraction of sp³-hybridized carbons (Fsp3) is 0.345. The molecule has 6 nitrogen and oxygen atoms in total. The molecule has 1 heterocycles. The van der Waals surface area contributed by atoms with Gasteiger partial charge < -0.3 is 10.1 Å². The van der Waals surface area contributed by atoms with Crippen molar-refractivity contribution in [1.82, 2.24) is 5.32 Å². The number of carbonyl (C=O) groups is 1. The molecule has 0 radical (unpaired) electrons. The predicted molar refractivity (Wildman–Crippen MR) is 144 cm³/mol. The molecule has 3 aromatic rings. The van der Waals surface area contributed by atoms with E-state index >= 15 is 0 Å². The van der Waals surface area contributed by atoms with Gasteiger partial charge in [-0.25, -0.2) is 8.42 Å². The van der Waals surface area contributed by atoms with E-state index in [0.29, 0.717) is 17.7 Å². The van der Waals surface area contributed by atoms with Crippen molar-refractivity contribution in [3.63, 3.8) is 0 Å². The summed E-state index contributed by atoms with van der Waals surface area (Å²) in [6.07, 6.45) is 3.63. The highest BCUT2D eigenvalue weighted by atomic mass is 32.2. The number of nitrogens with one attached hydrogen (secondary N) is 1. The molecular weight excluding hydrogens is 472 g/mol. The number of anilines is 1. The van der Waals surface area contributed by atoms with Gasteiger partial charge >= 0.3 is 0 Å². The highest BCUT2D eigenvalue weighted by molar-refractivity contribution is 7.92. The summed E-state index contributed by atoms with van der Waals surface area (Å²) in [7, 11) is -3.48. The average molecular weight is 507 g/mol. The molecular formula is C29H34N2O4S. The lowest BCUT2D eigenvalue weighted by Crippen LogP contribution is -2.44. The molecule has 0 saturated carbocycles. The van der Waals surface area contributed by atoms with Crippen LogP contribution in [0.1, 0.15) is 66.2 Å². The molecule has 1 aliphatic rings. The van der Waals surface area contributed by atoms with Crippen LogP contribution in [0.4, 0.5) is 5.69 Å². The zero-order valence-corrected chi connectivity index (χ0v) is 22.1. The molecule has 0 aliphatic carbocycles. The van der Waals surface area contributed by atoms with Crippen LogP contribution in [-0.4, -0.2) is 26.2 Å². The molecule has 190 valence electrons. The molecule has 1 amide bonds. The molecule has 0 fully saturated rings. The van der Waals surface area contributed by atoms with Crippen molar-refractivity contribution < 1.29 is 17.9 Å². The molecule has 0 saturated heterocycles. The van der Waals surface area contributed by atoms with Crippen molar-refractivity contribution >= 4 is 21.6 Å². The van der Waals surface area contributed by atoms with Gasteiger partial charge in [0.15, 0.2) is 0 Å². The van der Waals surface area contributed by atoms with E-state index < -0.39 is 10.0 Å². The number of fused-ring (bicyclic) bond motifs is 1. The van der Waals surface area contributed by atoms with Gasteiger partial charge in [0.05, 0.1) is 24.5 Å². The van der Waals surface area contributed by atoms with E-state index in [0.717, 1.165) is 35.3 Å². The molecule has 3 aromatic carbocycles. The number of carbonyl (C=O) groups excluding carboxylic acids is 1. The molecule has 7 heteroatoms. The van der Waals surface area contributed by atoms with E-state index in [2.05, 4.69) is 19.2 Å². The Morgan fingerprint density at radius 1 is 1.03 bits per heavy atom. The van der Waals surface area contributed by atoms with Gasteiger partial charge in [0.25, 0.3) is 5.91 Å². The zero-order chi connectivity index (χ0) is 25.9. The number of para-hydroxylation sites is 1. The maximum absolute atomic E-state index is 13.2. The predicted octanol–water partition coefficient (Wildman–Crippen LogP) is 5.77. The first-order chi connectivity index (χ1) is 17.1. The first-order valence-electron chi connectivity index (χ1n) is 12.4. The summed E-state index contributed by atoms with van der Waals surface area (Å²) >= 11 is 0. The topological polar surface area (TPSA) is 75.7 Å². The summed E-state index contributed by atoms with van der Waals surface area (Å²) < 4.78 is 32.7. The smallest absolute Gasteiger partial charge is 0.251 e. The summed E-state index contributed by atoms with van der Waals surface area (Å²) in [6, 6.07) is 22.3. The number of aryl methyl sites for hydroxylation is 1. The van der Waals surface area contributed by atoms with Crippen molar-refractivity contribution in [2.45, 2.75) is 58.2 Å². The SMILES string of the molecule is CCC1(CC)C[C@H](NC(=O)c2ccc(CN(c3cccc(C)c3)S(C)(=O)=O)cc2)c2ccccc2O1. The van der Waals surface area contributed by atoms with Crippen molar-refractivity contribution in [2.24, 2.45) is 0 Å². The third kappa shape index (κ3) is 5.57. The number of ether oxygens (including phenoxy) is 1. The summed E-state index contributed by atoms with van der Waals surface area (Å²) in [5.74, 6) is 0.660. The Labute approximate surface area is 214 Å². The zero-order valence-electron chi connectivity index (χ0n) is 21.3. The van der Waals surface area contributed by atoms with E-state index in [4.69, 9.17) is 4.74 Å². The monoisotopic (exact) mass is 506 g/mol. The molecule has 0 unspecified atom stereocenters. The lowest BCUT2D eigenvalue weighted by Gasteiger charge is -2.41. The van der Waals surface area contributed by atoms with Crippen molar-refractivity contribution in [1.29, 1.82) is 0 Å². The second-order valence-corrected chi connectivity index (χ2v) is 11.5. The Morgan fingerprint density at radius 2 is 1.72 bits per heavy atom. The Balaban J connectivity index is 1.52. The fourth-order valence-electron chi connectivity index (χ4n) is 4.78. The van der Waals surface area contributed by atoms with Gasteiger partial charge in [-0.1, -0.05) is 56.3 Å². The van der Waals surface area contributed by atoms with Crippen molar-refractivity contribution in [3.05, 3.63) is 95.1 Å². The maximum Gasteiger partial charge on any atom is 0.251 e. The molecule has 4 rings (SSSR count). The molecule has 0 spiro atoms. The van der Waals surface area contributed by atoms with E-state index in [1.54, 1.807) is 18.2 Å². The van der Waals surface area contributed by atoms with Crippen LogP contribution in [0.3, 0.4) is 0 Å². The Morgan fingerprint density at radius 3 is 2.36 bits per heavy atom. The van der Waals surface area contributed by atoms with E-state index in [1.165, 1.54) is 10.6 Å². The summed E-state index contributed by atoms with van der Waals surface area (Å²) in [6.45, 7) is 6.35. The van der Waals surface area contributed by atoms with Gasteiger partial charge in [0, 0.05) is 17.5 Å². The Bertz CT molecular complexity index is 1330. The molecule has 1 atom stereocenters. The molecule has 36 heavy (non-hydrogen) atoms. The molecule has 1 N–H and O–H groups in total. The van der Waals surface area contributed by atoms with Gasteiger partial charge in [0.1, 0.15) is 11.4 Å². The maximum atomic E-state index is 13.2. The minimum atomic E-state index is -3.48. The summed E-state index contributed by atoms with van der Waals surface area (Å²) in [5, 5.41) is 3.21. The van der Waals surface area contributed by atoms with Crippen LogP contribution >= 0.6 is 0 Å². The minimum Gasteiger partial charge on any atom is -0.487 e. The first kappa shape index (κ1) is 25.8.